The maximum absolute atomic E-state index is 13.7. The standard InChI is InChI=1S/C22H31F3N4O3/c1-4-6-13(2)27-22(32)15-7-5-10-29(12-15)14(3)21(31)26-11-18(30)28-17-9-8-16(23)19(24)20(17)25/h8-9,13-15H,4-7,10-12H2,1-3H3,(H,26,31)(H,27,32)(H,28,30). The Balaban J connectivity index is 1.84. The van der Waals surface area contributed by atoms with Crippen molar-refractivity contribution in [1.29, 1.82) is 0 Å². The van der Waals surface area contributed by atoms with Crippen molar-refractivity contribution in [3.8, 4) is 0 Å². The van der Waals surface area contributed by atoms with E-state index >= 15 is 0 Å². The first-order valence-corrected chi connectivity index (χ1v) is 10.9. The maximum atomic E-state index is 13.7. The van der Waals surface area contributed by atoms with E-state index in [0.717, 1.165) is 31.7 Å². The highest BCUT2D eigenvalue weighted by atomic mass is 19.2. The number of hydrogen-bond donors (Lipinski definition) is 3. The van der Waals surface area contributed by atoms with Crippen LogP contribution in [0.25, 0.3) is 0 Å². The summed E-state index contributed by atoms with van der Waals surface area (Å²) in [7, 11) is 0. The Morgan fingerprint density at radius 2 is 1.88 bits per heavy atom. The molecule has 3 atom stereocenters. The number of nitrogens with zero attached hydrogens (tertiary/aromatic N) is 1. The van der Waals surface area contributed by atoms with Gasteiger partial charge in [0.15, 0.2) is 17.5 Å². The van der Waals surface area contributed by atoms with Gasteiger partial charge in [0.2, 0.25) is 17.7 Å². The van der Waals surface area contributed by atoms with Crippen LogP contribution in [0.2, 0.25) is 0 Å². The molecule has 1 aliphatic rings. The van der Waals surface area contributed by atoms with Gasteiger partial charge in [-0.05, 0) is 51.8 Å². The molecule has 0 spiro atoms. The van der Waals surface area contributed by atoms with Crippen molar-refractivity contribution in [3.63, 3.8) is 0 Å². The van der Waals surface area contributed by atoms with Gasteiger partial charge in [-0.3, -0.25) is 19.3 Å². The topological polar surface area (TPSA) is 90.5 Å². The van der Waals surface area contributed by atoms with Crippen molar-refractivity contribution in [2.75, 3.05) is 25.0 Å². The molecule has 1 aromatic carbocycles. The number of carbonyl (C=O) groups is 3. The molecule has 1 aromatic rings. The van der Waals surface area contributed by atoms with Crippen LogP contribution in [0.3, 0.4) is 0 Å². The molecule has 3 amide bonds. The molecule has 178 valence electrons. The van der Waals surface area contributed by atoms with Gasteiger partial charge in [0.1, 0.15) is 0 Å². The van der Waals surface area contributed by atoms with Gasteiger partial charge >= 0.3 is 0 Å². The second kappa shape index (κ2) is 11.8. The number of piperidine rings is 1. The van der Waals surface area contributed by atoms with Crippen molar-refractivity contribution in [2.24, 2.45) is 5.92 Å². The number of hydrogen-bond acceptors (Lipinski definition) is 4. The second-order valence-electron chi connectivity index (χ2n) is 8.20. The molecule has 32 heavy (non-hydrogen) atoms. The monoisotopic (exact) mass is 456 g/mol. The van der Waals surface area contributed by atoms with Crippen LogP contribution in [0, 0.1) is 23.4 Å². The Hall–Kier alpha value is -2.62. The fourth-order valence-corrected chi connectivity index (χ4v) is 3.74. The zero-order valence-corrected chi connectivity index (χ0v) is 18.6. The fraction of sp³-hybridized carbons (Fsp3) is 0.591. The third-order valence-electron chi connectivity index (χ3n) is 5.59. The molecule has 3 unspecified atom stereocenters. The first-order valence-electron chi connectivity index (χ1n) is 10.9. The second-order valence-corrected chi connectivity index (χ2v) is 8.20. The largest absolute Gasteiger partial charge is 0.353 e. The average Bonchev–Trinajstić information content (AvgIpc) is 2.77. The van der Waals surface area contributed by atoms with Crippen LogP contribution in [0.4, 0.5) is 18.9 Å². The van der Waals surface area contributed by atoms with Crippen LogP contribution in [0.15, 0.2) is 12.1 Å². The number of anilines is 1. The lowest BCUT2D eigenvalue weighted by Crippen LogP contribution is -2.52. The molecular formula is C22H31F3N4O3. The number of benzene rings is 1. The first kappa shape index (κ1) is 25.6. The minimum absolute atomic E-state index is 0.0174. The molecule has 0 radical (unpaired) electrons. The van der Waals surface area contributed by atoms with E-state index in [0.29, 0.717) is 19.2 Å². The van der Waals surface area contributed by atoms with Gasteiger partial charge in [-0.2, -0.15) is 0 Å². The lowest BCUT2D eigenvalue weighted by Gasteiger charge is -2.35. The molecule has 0 bridgehead atoms. The summed E-state index contributed by atoms with van der Waals surface area (Å²) in [5.41, 5.74) is -0.515. The fourth-order valence-electron chi connectivity index (χ4n) is 3.74. The molecule has 1 saturated heterocycles. The van der Waals surface area contributed by atoms with E-state index in [-0.39, 0.29) is 17.9 Å². The number of rotatable bonds is 9. The third kappa shape index (κ3) is 6.94. The molecule has 0 saturated carbocycles. The van der Waals surface area contributed by atoms with Gasteiger partial charge < -0.3 is 16.0 Å². The van der Waals surface area contributed by atoms with Crippen molar-refractivity contribution < 1.29 is 27.6 Å². The summed E-state index contributed by atoms with van der Waals surface area (Å²) in [6, 6.07) is 1.12. The molecule has 1 heterocycles. The van der Waals surface area contributed by atoms with Gasteiger partial charge in [0.05, 0.1) is 24.2 Å². The quantitative estimate of drug-likeness (QED) is 0.498. The highest BCUT2D eigenvalue weighted by Gasteiger charge is 2.31. The molecule has 1 fully saturated rings. The number of carbonyl (C=O) groups excluding carboxylic acids is 3. The van der Waals surface area contributed by atoms with Gasteiger partial charge in [-0.1, -0.05) is 13.3 Å². The van der Waals surface area contributed by atoms with Gasteiger partial charge in [0.25, 0.3) is 0 Å². The molecule has 2 rings (SSSR count). The van der Waals surface area contributed by atoms with E-state index in [1.54, 1.807) is 6.92 Å². The van der Waals surface area contributed by atoms with E-state index < -0.39 is 47.5 Å². The predicted octanol–water partition coefficient (Wildman–Crippen LogP) is 2.56. The van der Waals surface area contributed by atoms with Crippen molar-refractivity contribution in [2.45, 2.75) is 58.5 Å². The molecule has 3 N–H and O–H groups in total. The maximum Gasteiger partial charge on any atom is 0.243 e. The molecular weight excluding hydrogens is 425 g/mol. The Morgan fingerprint density at radius 1 is 1.16 bits per heavy atom. The van der Waals surface area contributed by atoms with Crippen molar-refractivity contribution in [1.82, 2.24) is 15.5 Å². The zero-order chi connectivity index (χ0) is 23.8. The third-order valence-corrected chi connectivity index (χ3v) is 5.59. The van der Waals surface area contributed by atoms with Gasteiger partial charge in [0, 0.05) is 12.6 Å². The Kier molecular flexibility index (Phi) is 9.49. The summed E-state index contributed by atoms with van der Waals surface area (Å²) in [5, 5.41) is 7.57. The molecule has 0 aromatic heterocycles. The molecule has 10 heteroatoms. The minimum Gasteiger partial charge on any atom is -0.353 e. The van der Waals surface area contributed by atoms with Crippen LogP contribution < -0.4 is 16.0 Å². The summed E-state index contributed by atoms with van der Waals surface area (Å²) in [6.07, 6.45) is 3.40. The number of likely N-dealkylation sites (tertiary alicyclic amines) is 1. The van der Waals surface area contributed by atoms with E-state index in [9.17, 15) is 27.6 Å². The zero-order valence-electron chi connectivity index (χ0n) is 18.6. The van der Waals surface area contributed by atoms with Gasteiger partial charge in [-0.25, -0.2) is 13.2 Å². The normalized spacial score (nSPS) is 18.5. The highest BCUT2D eigenvalue weighted by Crippen LogP contribution is 2.20. The lowest BCUT2D eigenvalue weighted by atomic mass is 9.95. The number of nitrogens with one attached hydrogen (secondary N) is 3. The van der Waals surface area contributed by atoms with Crippen LogP contribution in [-0.4, -0.2) is 54.3 Å². The minimum atomic E-state index is -1.69. The first-order chi connectivity index (χ1) is 15.1. The van der Waals surface area contributed by atoms with E-state index in [1.165, 1.54) is 0 Å². The highest BCUT2D eigenvalue weighted by molar-refractivity contribution is 5.95. The summed E-state index contributed by atoms with van der Waals surface area (Å²) >= 11 is 0. The Labute approximate surface area is 186 Å². The van der Waals surface area contributed by atoms with Crippen LogP contribution in [0.1, 0.15) is 46.5 Å². The molecule has 1 aliphatic heterocycles. The Morgan fingerprint density at radius 3 is 2.56 bits per heavy atom. The summed E-state index contributed by atoms with van der Waals surface area (Å²) in [4.78, 5) is 38.9. The van der Waals surface area contributed by atoms with E-state index in [1.807, 2.05) is 11.8 Å². The van der Waals surface area contributed by atoms with Crippen LogP contribution in [-0.2, 0) is 14.4 Å². The molecule has 0 aliphatic carbocycles. The van der Waals surface area contributed by atoms with Crippen molar-refractivity contribution in [3.05, 3.63) is 29.6 Å². The van der Waals surface area contributed by atoms with E-state index in [2.05, 4.69) is 22.9 Å². The average molecular weight is 457 g/mol. The number of halogens is 3. The van der Waals surface area contributed by atoms with Gasteiger partial charge in [-0.15, -0.1) is 0 Å². The predicted molar refractivity (Wildman–Crippen MR) is 114 cm³/mol. The summed E-state index contributed by atoms with van der Waals surface area (Å²) < 4.78 is 39.9. The smallest absolute Gasteiger partial charge is 0.243 e. The lowest BCUT2D eigenvalue weighted by molar-refractivity contribution is -0.132. The summed E-state index contributed by atoms with van der Waals surface area (Å²) in [6.45, 7) is 6.33. The summed E-state index contributed by atoms with van der Waals surface area (Å²) in [5.74, 6) is -6.00. The van der Waals surface area contributed by atoms with E-state index in [4.69, 9.17) is 0 Å². The number of amides is 3. The van der Waals surface area contributed by atoms with Crippen molar-refractivity contribution >= 4 is 23.4 Å². The van der Waals surface area contributed by atoms with Crippen LogP contribution in [0.5, 0.6) is 0 Å². The van der Waals surface area contributed by atoms with Crippen LogP contribution >= 0.6 is 0 Å². The molecule has 7 nitrogen and oxygen atoms in total. The SMILES string of the molecule is CCCC(C)NC(=O)C1CCCN(C(C)C(=O)NCC(=O)Nc2ccc(F)c(F)c2F)C1. The Bertz CT molecular complexity index is 837.